The quantitative estimate of drug-likeness (QED) is 0.866. The minimum atomic E-state index is 0.673. The topological polar surface area (TPSA) is 24.5 Å². The predicted octanol–water partition coefficient (Wildman–Crippen LogP) is 2.45. The molecular weight excluding hydrogens is 212 g/mol. The van der Waals surface area contributed by atoms with Crippen LogP contribution in [0.4, 0.5) is 5.69 Å². The maximum absolute atomic E-state index is 5.87. The Hall–Kier alpha value is -1.22. The average molecular weight is 234 g/mol. The Morgan fingerprint density at radius 3 is 3.12 bits per heavy atom. The summed E-state index contributed by atoms with van der Waals surface area (Å²) in [4.78, 5) is 2.39. The number of likely N-dealkylation sites (tertiary alicyclic amines) is 1. The fourth-order valence-corrected chi connectivity index (χ4v) is 2.36. The summed E-state index contributed by atoms with van der Waals surface area (Å²) in [6.07, 6.45) is 2.58. The standard InChI is InChI=1S/C14H22N2O/c1-15-13-6-3-7-14(9-13)17-11-12-5-4-8-16(2)10-12/h3,6-7,9,12,15H,4-5,8,10-11H2,1-2H3. The fourth-order valence-electron chi connectivity index (χ4n) is 2.36. The SMILES string of the molecule is CNc1cccc(OCC2CCCN(C)C2)c1. The van der Waals surface area contributed by atoms with E-state index in [1.807, 2.05) is 31.3 Å². The molecule has 1 aromatic carbocycles. The summed E-state index contributed by atoms with van der Waals surface area (Å²) in [5.74, 6) is 1.64. The fraction of sp³-hybridized carbons (Fsp3) is 0.571. The first kappa shape index (κ1) is 12.2. The van der Waals surface area contributed by atoms with Crippen LogP contribution in [0.25, 0.3) is 0 Å². The molecule has 1 aliphatic rings. The van der Waals surface area contributed by atoms with Crippen molar-refractivity contribution >= 4 is 5.69 Å². The molecule has 1 unspecified atom stereocenters. The monoisotopic (exact) mass is 234 g/mol. The van der Waals surface area contributed by atoms with Crippen LogP contribution < -0.4 is 10.1 Å². The number of ether oxygens (including phenoxy) is 1. The summed E-state index contributed by atoms with van der Waals surface area (Å²) in [7, 11) is 4.11. The Bertz CT molecular complexity index is 354. The lowest BCUT2D eigenvalue weighted by Crippen LogP contribution is -2.34. The van der Waals surface area contributed by atoms with Crippen LogP contribution in [0.1, 0.15) is 12.8 Å². The zero-order valence-corrected chi connectivity index (χ0v) is 10.8. The molecule has 0 aliphatic carbocycles. The summed E-state index contributed by atoms with van der Waals surface area (Å²) in [6, 6.07) is 8.13. The summed E-state index contributed by atoms with van der Waals surface area (Å²) in [5, 5.41) is 3.12. The first-order valence-corrected chi connectivity index (χ1v) is 6.37. The van der Waals surface area contributed by atoms with E-state index in [1.165, 1.54) is 19.4 Å². The highest BCUT2D eigenvalue weighted by Crippen LogP contribution is 2.20. The Balaban J connectivity index is 1.84. The number of nitrogens with one attached hydrogen (secondary N) is 1. The molecule has 17 heavy (non-hydrogen) atoms. The molecule has 94 valence electrons. The van der Waals surface area contributed by atoms with Crippen LogP contribution in [0.2, 0.25) is 0 Å². The maximum Gasteiger partial charge on any atom is 0.121 e. The van der Waals surface area contributed by atoms with E-state index in [1.54, 1.807) is 0 Å². The normalized spacial score (nSPS) is 21.2. The van der Waals surface area contributed by atoms with Gasteiger partial charge < -0.3 is 15.0 Å². The van der Waals surface area contributed by atoms with E-state index in [4.69, 9.17) is 4.74 Å². The van der Waals surface area contributed by atoms with E-state index in [2.05, 4.69) is 17.3 Å². The van der Waals surface area contributed by atoms with Crippen LogP contribution in [0.3, 0.4) is 0 Å². The second kappa shape index (κ2) is 5.92. The van der Waals surface area contributed by atoms with E-state index in [-0.39, 0.29) is 0 Å². The highest BCUT2D eigenvalue weighted by Gasteiger charge is 2.17. The molecule has 0 amide bonds. The number of hydrogen-bond donors (Lipinski definition) is 1. The van der Waals surface area contributed by atoms with Gasteiger partial charge in [0.25, 0.3) is 0 Å². The molecule has 1 heterocycles. The van der Waals surface area contributed by atoms with E-state index >= 15 is 0 Å². The van der Waals surface area contributed by atoms with Crippen molar-refractivity contribution in [3.63, 3.8) is 0 Å². The summed E-state index contributed by atoms with van der Waals surface area (Å²) in [6.45, 7) is 3.22. The van der Waals surface area contributed by atoms with Crippen molar-refractivity contribution in [2.24, 2.45) is 5.92 Å². The van der Waals surface area contributed by atoms with Crippen molar-refractivity contribution in [1.29, 1.82) is 0 Å². The minimum absolute atomic E-state index is 0.673. The van der Waals surface area contributed by atoms with E-state index in [0.717, 1.165) is 24.6 Å². The molecular formula is C14H22N2O. The lowest BCUT2D eigenvalue weighted by Gasteiger charge is -2.29. The molecule has 2 rings (SSSR count). The van der Waals surface area contributed by atoms with Gasteiger partial charge in [-0.3, -0.25) is 0 Å². The second-order valence-electron chi connectivity index (χ2n) is 4.86. The highest BCUT2D eigenvalue weighted by atomic mass is 16.5. The van der Waals surface area contributed by atoms with Crippen molar-refractivity contribution < 1.29 is 4.74 Å². The number of hydrogen-bond acceptors (Lipinski definition) is 3. The minimum Gasteiger partial charge on any atom is -0.493 e. The molecule has 1 aliphatic heterocycles. The van der Waals surface area contributed by atoms with Gasteiger partial charge in [0.15, 0.2) is 0 Å². The van der Waals surface area contributed by atoms with Gasteiger partial charge in [0.1, 0.15) is 5.75 Å². The van der Waals surface area contributed by atoms with Gasteiger partial charge >= 0.3 is 0 Å². The third-order valence-corrected chi connectivity index (χ3v) is 3.33. The van der Waals surface area contributed by atoms with Crippen LogP contribution >= 0.6 is 0 Å². The number of rotatable bonds is 4. The van der Waals surface area contributed by atoms with Crippen molar-refractivity contribution in [2.45, 2.75) is 12.8 Å². The highest BCUT2D eigenvalue weighted by molar-refractivity contribution is 5.47. The molecule has 0 saturated carbocycles. The van der Waals surface area contributed by atoms with E-state index < -0.39 is 0 Å². The van der Waals surface area contributed by atoms with Crippen LogP contribution in [-0.2, 0) is 0 Å². The largest absolute Gasteiger partial charge is 0.493 e. The van der Waals surface area contributed by atoms with Gasteiger partial charge in [0.2, 0.25) is 0 Å². The molecule has 1 N–H and O–H groups in total. The summed E-state index contributed by atoms with van der Waals surface area (Å²) in [5.41, 5.74) is 1.10. The number of nitrogens with zero attached hydrogens (tertiary/aromatic N) is 1. The van der Waals surface area contributed by atoms with Gasteiger partial charge in [-0.05, 0) is 38.6 Å². The third kappa shape index (κ3) is 3.63. The Morgan fingerprint density at radius 2 is 2.35 bits per heavy atom. The molecule has 3 heteroatoms. The van der Waals surface area contributed by atoms with Crippen molar-refractivity contribution in [3.8, 4) is 5.75 Å². The second-order valence-corrected chi connectivity index (χ2v) is 4.86. The molecule has 0 spiro atoms. The number of benzene rings is 1. The van der Waals surface area contributed by atoms with Gasteiger partial charge in [-0.15, -0.1) is 0 Å². The molecule has 3 nitrogen and oxygen atoms in total. The summed E-state index contributed by atoms with van der Waals surface area (Å²) >= 11 is 0. The molecule has 0 bridgehead atoms. The van der Waals surface area contributed by atoms with E-state index in [0.29, 0.717) is 5.92 Å². The third-order valence-electron chi connectivity index (χ3n) is 3.33. The lowest BCUT2D eigenvalue weighted by molar-refractivity contribution is 0.150. The van der Waals surface area contributed by atoms with Crippen LogP contribution in [0.5, 0.6) is 5.75 Å². The molecule has 1 fully saturated rings. The van der Waals surface area contributed by atoms with Crippen LogP contribution in [-0.4, -0.2) is 38.7 Å². The van der Waals surface area contributed by atoms with Crippen LogP contribution in [0, 0.1) is 5.92 Å². The average Bonchev–Trinajstić information content (AvgIpc) is 2.37. The smallest absolute Gasteiger partial charge is 0.121 e. The number of anilines is 1. The zero-order valence-electron chi connectivity index (χ0n) is 10.8. The van der Waals surface area contributed by atoms with Gasteiger partial charge in [-0.1, -0.05) is 6.07 Å². The predicted molar refractivity (Wildman–Crippen MR) is 71.7 cm³/mol. The van der Waals surface area contributed by atoms with Crippen LogP contribution in [0.15, 0.2) is 24.3 Å². The molecule has 1 aromatic rings. The molecule has 1 saturated heterocycles. The van der Waals surface area contributed by atoms with Gasteiger partial charge in [0.05, 0.1) is 6.61 Å². The molecule has 0 aromatic heterocycles. The molecule has 1 atom stereocenters. The number of piperidine rings is 1. The van der Waals surface area contributed by atoms with Crippen molar-refractivity contribution in [1.82, 2.24) is 4.90 Å². The van der Waals surface area contributed by atoms with E-state index in [9.17, 15) is 0 Å². The van der Waals surface area contributed by atoms with Gasteiger partial charge in [-0.25, -0.2) is 0 Å². The zero-order chi connectivity index (χ0) is 12.1. The maximum atomic E-state index is 5.87. The lowest BCUT2D eigenvalue weighted by atomic mass is 10.00. The Labute approximate surface area is 104 Å². The Morgan fingerprint density at radius 1 is 1.47 bits per heavy atom. The van der Waals surface area contributed by atoms with Crippen molar-refractivity contribution in [3.05, 3.63) is 24.3 Å². The summed E-state index contributed by atoms with van der Waals surface area (Å²) < 4.78 is 5.87. The first-order chi connectivity index (χ1) is 8.28. The first-order valence-electron chi connectivity index (χ1n) is 6.37. The Kier molecular flexibility index (Phi) is 4.26. The van der Waals surface area contributed by atoms with Gasteiger partial charge in [-0.2, -0.15) is 0 Å². The molecule has 0 radical (unpaired) electrons. The van der Waals surface area contributed by atoms with Gasteiger partial charge in [0, 0.05) is 31.3 Å². The van der Waals surface area contributed by atoms with Crippen molar-refractivity contribution in [2.75, 3.05) is 39.1 Å².